The lowest BCUT2D eigenvalue weighted by molar-refractivity contribution is 0.102. The average Bonchev–Trinajstić information content (AvgIpc) is 2.93. The Balaban J connectivity index is 2.20. The molecule has 108 valence electrons. The van der Waals surface area contributed by atoms with Crippen molar-refractivity contribution in [1.29, 1.82) is 0 Å². The zero-order valence-electron chi connectivity index (χ0n) is 11.4. The number of methoxy groups -OCH3 is 2. The predicted octanol–water partition coefficient (Wildman–Crippen LogP) is 0.967. The van der Waals surface area contributed by atoms with Gasteiger partial charge in [-0.05, 0) is 18.2 Å². The summed E-state index contributed by atoms with van der Waals surface area (Å²) >= 11 is 0. The van der Waals surface area contributed by atoms with Crippen molar-refractivity contribution < 1.29 is 19.1 Å². The van der Waals surface area contributed by atoms with E-state index in [4.69, 9.17) is 19.7 Å². The van der Waals surface area contributed by atoms with E-state index < -0.39 is 0 Å². The Kier molecular flexibility index (Phi) is 4.54. The number of phenols is 1. The van der Waals surface area contributed by atoms with Gasteiger partial charge in [-0.3, -0.25) is 0 Å². The van der Waals surface area contributed by atoms with Gasteiger partial charge in [0.05, 0.1) is 19.6 Å². The quantitative estimate of drug-likeness (QED) is 0.811. The van der Waals surface area contributed by atoms with Gasteiger partial charge in [0.15, 0.2) is 11.5 Å². The number of aromatic hydroxyl groups is 1. The Morgan fingerprint density at radius 3 is 2.85 bits per heavy atom. The highest BCUT2D eigenvalue weighted by atomic mass is 16.5. The number of nitrogens with zero attached hydrogens (tertiary/aromatic N) is 2. The van der Waals surface area contributed by atoms with E-state index in [0.29, 0.717) is 36.0 Å². The number of ether oxygens (including phenoxy) is 2. The van der Waals surface area contributed by atoms with Crippen LogP contribution < -0.4 is 10.5 Å². The number of nitrogens with two attached hydrogens (primary N) is 1. The van der Waals surface area contributed by atoms with E-state index >= 15 is 0 Å². The van der Waals surface area contributed by atoms with Crippen molar-refractivity contribution in [3.05, 3.63) is 24.1 Å². The number of hydrogen-bond donors (Lipinski definition) is 2. The summed E-state index contributed by atoms with van der Waals surface area (Å²) in [5.74, 6) is 1.28. The highest BCUT2D eigenvalue weighted by molar-refractivity contribution is 5.60. The van der Waals surface area contributed by atoms with Crippen LogP contribution >= 0.6 is 0 Å². The number of benzene rings is 1. The molecule has 1 aromatic heterocycles. The Bertz CT molecular complexity index is 566. The van der Waals surface area contributed by atoms with Gasteiger partial charge in [-0.1, -0.05) is 5.16 Å². The maximum Gasteiger partial charge on any atom is 0.229 e. The zero-order chi connectivity index (χ0) is 14.5. The van der Waals surface area contributed by atoms with Crippen molar-refractivity contribution >= 4 is 0 Å². The van der Waals surface area contributed by atoms with Crippen molar-refractivity contribution in [3.8, 4) is 22.9 Å². The monoisotopic (exact) mass is 279 g/mol. The van der Waals surface area contributed by atoms with Crippen LogP contribution in [-0.4, -0.2) is 42.1 Å². The second-order valence-electron chi connectivity index (χ2n) is 4.20. The van der Waals surface area contributed by atoms with Gasteiger partial charge in [-0.15, -0.1) is 0 Å². The summed E-state index contributed by atoms with van der Waals surface area (Å²) in [6.45, 7) is 0.376. The molecular weight excluding hydrogens is 262 g/mol. The maximum atomic E-state index is 9.55. The summed E-state index contributed by atoms with van der Waals surface area (Å²) in [5, 5.41) is 13.4. The normalized spacial score (nSPS) is 12.3. The molecule has 0 radical (unpaired) electrons. The number of rotatable bonds is 6. The van der Waals surface area contributed by atoms with Crippen molar-refractivity contribution in [2.45, 2.75) is 12.5 Å². The number of hydrogen-bond acceptors (Lipinski definition) is 7. The fourth-order valence-electron chi connectivity index (χ4n) is 1.73. The van der Waals surface area contributed by atoms with E-state index in [0.717, 1.165) is 0 Å². The molecule has 1 atom stereocenters. The van der Waals surface area contributed by atoms with E-state index in [1.54, 1.807) is 19.2 Å². The van der Waals surface area contributed by atoms with Crippen LogP contribution in [-0.2, 0) is 11.2 Å². The van der Waals surface area contributed by atoms with Crippen molar-refractivity contribution in [2.24, 2.45) is 5.73 Å². The van der Waals surface area contributed by atoms with Gasteiger partial charge in [0.25, 0.3) is 0 Å². The molecule has 1 aromatic carbocycles. The van der Waals surface area contributed by atoms with Crippen LogP contribution in [0.15, 0.2) is 22.7 Å². The van der Waals surface area contributed by atoms with Crippen molar-refractivity contribution in [2.75, 3.05) is 20.8 Å². The maximum absolute atomic E-state index is 9.55. The third-order valence-electron chi connectivity index (χ3n) is 2.90. The number of phenolic OH excluding ortho intramolecular Hbond substituents is 1. The Hall–Kier alpha value is -2.12. The summed E-state index contributed by atoms with van der Waals surface area (Å²) < 4.78 is 15.4. The van der Waals surface area contributed by atoms with Crippen molar-refractivity contribution in [1.82, 2.24) is 10.1 Å². The molecule has 0 saturated heterocycles. The van der Waals surface area contributed by atoms with Gasteiger partial charge in [0.2, 0.25) is 11.7 Å². The molecule has 0 aliphatic carbocycles. The van der Waals surface area contributed by atoms with Crippen LogP contribution in [0.1, 0.15) is 5.89 Å². The molecule has 1 heterocycles. The molecule has 20 heavy (non-hydrogen) atoms. The largest absolute Gasteiger partial charge is 0.504 e. The van der Waals surface area contributed by atoms with E-state index in [-0.39, 0.29) is 11.9 Å². The first-order valence-electron chi connectivity index (χ1n) is 6.10. The number of aromatic nitrogens is 2. The fourth-order valence-corrected chi connectivity index (χ4v) is 1.73. The van der Waals surface area contributed by atoms with E-state index in [9.17, 15) is 5.11 Å². The molecule has 0 aliphatic rings. The first-order valence-corrected chi connectivity index (χ1v) is 6.10. The third-order valence-corrected chi connectivity index (χ3v) is 2.90. The van der Waals surface area contributed by atoms with Crippen molar-refractivity contribution in [3.63, 3.8) is 0 Å². The van der Waals surface area contributed by atoms with E-state index in [1.807, 2.05) is 0 Å². The summed E-state index contributed by atoms with van der Waals surface area (Å²) in [6, 6.07) is 4.84. The highest BCUT2D eigenvalue weighted by Crippen LogP contribution is 2.30. The smallest absolute Gasteiger partial charge is 0.229 e. The van der Waals surface area contributed by atoms with Crippen LogP contribution in [0, 0.1) is 0 Å². The highest BCUT2D eigenvalue weighted by Gasteiger charge is 2.15. The van der Waals surface area contributed by atoms with Crippen LogP contribution in [0.2, 0.25) is 0 Å². The summed E-state index contributed by atoms with van der Waals surface area (Å²) in [7, 11) is 3.06. The molecule has 7 heteroatoms. The van der Waals surface area contributed by atoms with Gasteiger partial charge in [-0.25, -0.2) is 0 Å². The molecule has 1 unspecified atom stereocenters. The molecule has 0 fully saturated rings. The van der Waals surface area contributed by atoms with Gasteiger partial charge in [-0.2, -0.15) is 4.98 Å². The summed E-state index contributed by atoms with van der Waals surface area (Å²) in [5.41, 5.74) is 6.24. The van der Waals surface area contributed by atoms with Crippen LogP contribution in [0.25, 0.3) is 11.4 Å². The SMILES string of the molecule is COc1cc(-c2noc(CC(CN)OC)n2)ccc1O. The molecule has 0 bridgehead atoms. The summed E-state index contributed by atoms with van der Waals surface area (Å²) in [6.07, 6.45) is 0.299. The topological polar surface area (TPSA) is 104 Å². The zero-order valence-corrected chi connectivity index (χ0v) is 11.4. The minimum Gasteiger partial charge on any atom is -0.504 e. The van der Waals surface area contributed by atoms with Crippen LogP contribution in [0.3, 0.4) is 0 Å². The molecule has 2 rings (SSSR count). The van der Waals surface area contributed by atoms with Crippen LogP contribution in [0.4, 0.5) is 0 Å². The van der Waals surface area contributed by atoms with Gasteiger partial charge >= 0.3 is 0 Å². The second kappa shape index (κ2) is 6.36. The minimum absolute atomic E-state index is 0.0579. The third kappa shape index (κ3) is 3.06. The second-order valence-corrected chi connectivity index (χ2v) is 4.20. The standard InChI is InChI=1S/C13H17N3O4/c1-18-9(7-14)6-12-15-13(16-20-12)8-3-4-10(17)11(5-8)19-2/h3-5,9,17H,6-7,14H2,1-2H3. The first-order chi connectivity index (χ1) is 9.67. The molecule has 0 saturated carbocycles. The summed E-state index contributed by atoms with van der Waals surface area (Å²) in [4.78, 5) is 4.27. The minimum atomic E-state index is -0.155. The van der Waals surface area contributed by atoms with Gasteiger partial charge < -0.3 is 24.8 Å². The molecule has 2 aromatic rings. The molecule has 3 N–H and O–H groups in total. The Morgan fingerprint density at radius 2 is 2.20 bits per heavy atom. The van der Waals surface area contributed by atoms with E-state index in [2.05, 4.69) is 10.1 Å². The lowest BCUT2D eigenvalue weighted by Crippen LogP contribution is -2.24. The molecule has 7 nitrogen and oxygen atoms in total. The fraction of sp³-hybridized carbons (Fsp3) is 0.385. The van der Waals surface area contributed by atoms with E-state index in [1.165, 1.54) is 13.2 Å². The molecule has 0 aliphatic heterocycles. The van der Waals surface area contributed by atoms with Gasteiger partial charge in [0.1, 0.15) is 0 Å². The predicted molar refractivity (Wildman–Crippen MR) is 71.5 cm³/mol. The molecule has 0 spiro atoms. The van der Waals surface area contributed by atoms with Gasteiger partial charge in [0, 0.05) is 19.2 Å². The lowest BCUT2D eigenvalue weighted by Gasteiger charge is -2.08. The molecule has 0 amide bonds. The van der Waals surface area contributed by atoms with Crippen LogP contribution in [0.5, 0.6) is 11.5 Å². The Morgan fingerprint density at radius 1 is 1.40 bits per heavy atom. The average molecular weight is 279 g/mol. The lowest BCUT2D eigenvalue weighted by atomic mass is 10.2. The molecular formula is C13H17N3O4. The Labute approximate surface area is 116 Å². The first kappa shape index (κ1) is 14.3.